The summed E-state index contributed by atoms with van der Waals surface area (Å²) < 4.78 is 17.5. The molecule has 1 heterocycles. The van der Waals surface area contributed by atoms with Crippen LogP contribution in [-0.2, 0) is 6.61 Å². The molecular formula is C28H24N2O3. The van der Waals surface area contributed by atoms with Crippen molar-refractivity contribution in [2.45, 2.75) is 6.61 Å². The Hall–Kier alpha value is -4.25. The van der Waals surface area contributed by atoms with E-state index in [1.54, 1.807) is 0 Å². The lowest BCUT2D eigenvalue weighted by atomic mass is 10.2. The summed E-state index contributed by atoms with van der Waals surface area (Å²) in [5.74, 6) is 3.19. The molecule has 0 saturated carbocycles. The number of nitrogens with zero attached hydrogens (tertiary/aromatic N) is 1. The molecule has 5 nitrogen and oxygen atoms in total. The third-order valence-electron chi connectivity index (χ3n) is 5.19. The third kappa shape index (κ3) is 5.33. The average molecular weight is 437 g/mol. The second-order valence-electron chi connectivity index (χ2n) is 7.57. The molecule has 5 heteroatoms. The van der Waals surface area contributed by atoms with Crippen molar-refractivity contribution >= 4 is 11.0 Å². The number of para-hydroxylation sites is 2. The van der Waals surface area contributed by atoms with Crippen molar-refractivity contribution in [3.05, 3.63) is 109 Å². The maximum Gasteiger partial charge on any atom is 0.138 e. The zero-order valence-corrected chi connectivity index (χ0v) is 18.1. The predicted octanol–water partition coefficient (Wildman–Crippen LogP) is 6.27. The smallest absolute Gasteiger partial charge is 0.138 e. The van der Waals surface area contributed by atoms with Crippen LogP contribution in [0.1, 0.15) is 5.56 Å². The number of imidazole rings is 1. The Bertz CT molecular complexity index is 1280. The molecule has 0 aliphatic carbocycles. The number of hydrogen-bond donors (Lipinski definition) is 1. The predicted molar refractivity (Wildman–Crippen MR) is 130 cm³/mol. The van der Waals surface area contributed by atoms with Gasteiger partial charge in [-0.3, -0.25) is 0 Å². The van der Waals surface area contributed by atoms with Gasteiger partial charge in [-0.25, -0.2) is 4.98 Å². The number of ether oxygens (including phenoxy) is 3. The molecule has 4 aromatic carbocycles. The number of aromatic amines is 1. The standard InChI is InChI=1S/C28H24N2O3/c1-2-7-21(8-3-1)20-33-24-15-13-23(14-16-24)31-17-18-32-25-10-6-9-22(19-25)28-29-26-11-4-5-12-27(26)30-28/h1-16,19H,17-18,20H2,(H,29,30). The summed E-state index contributed by atoms with van der Waals surface area (Å²) in [6.07, 6.45) is 0. The van der Waals surface area contributed by atoms with Crippen LogP contribution in [-0.4, -0.2) is 23.2 Å². The van der Waals surface area contributed by atoms with E-state index in [0.717, 1.165) is 45.2 Å². The molecule has 0 amide bonds. The van der Waals surface area contributed by atoms with Crippen molar-refractivity contribution in [2.75, 3.05) is 13.2 Å². The van der Waals surface area contributed by atoms with Gasteiger partial charge >= 0.3 is 0 Å². The van der Waals surface area contributed by atoms with Crippen molar-refractivity contribution in [3.63, 3.8) is 0 Å². The maximum absolute atomic E-state index is 5.88. The molecule has 164 valence electrons. The molecular weight excluding hydrogens is 412 g/mol. The lowest BCUT2D eigenvalue weighted by Gasteiger charge is -2.10. The first-order valence-electron chi connectivity index (χ1n) is 10.9. The van der Waals surface area contributed by atoms with Crippen molar-refractivity contribution < 1.29 is 14.2 Å². The summed E-state index contributed by atoms with van der Waals surface area (Å²) in [5, 5.41) is 0. The van der Waals surface area contributed by atoms with Gasteiger partial charge in [0.15, 0.2) is 0 Å². The van der Waals surface area contributed by atoms with Crippen LogP contribution in [0.2, 0.25) is 0 Å². The fourth-order valence-corrected chi connectivity index (χ4v) is 3.51. The van der Waals surface area contributed by atoms with E-state index < -0.39 is 0 Å². The van der Waals surface area contributed by atoms with E-state index >= 15 is 0 Å². The molecule has 1 N–H and O–H groups in total. The minimum atomic E-state index is 0.440. The number of fused-ring (bicyclic) bond motifs is 1. The molecule has 0 saturated heterocycles. The zero-order chi connectivity index (χ0) is 22.3. The quantitative estimate of drug-likeness (QED) is 0.277. The second kappa shape index (κ2) is 9.92. The largest absolute Gasteiger partial charge is 0.490 e. The van der Waals surface area contributed by atoms with Crippen molar-refractivity contribution in [1.29, 1.82) is 0 Å². The van der Waals surface area contributed by atoms with E-state index in [-0.39, 0.29) is 0 Å². The Morgan fingerprint density at radius 3 is 2.09 bits per heavy atom. The van der Waals surface area contributed by atoms with Gasteiger partial charge < -0.3 is 19.2 Å². The van der Waals surface area contributed by atoms with Gasteiger partial charge in [0.25, 0.3) is 0 Å². The lowest BCUT2D eigenvalue weighted by Crippen LogP contribution is -2.09. The number of aromatic nitrogens is 2. The van der Waals surface area contributed by atoms with E-state index in [1.807, 2.05) is 103 Å². The molecule has 1 aromatic heterocycles. The minimum Gasteiger partial charge on any atom is -0.490 e. The van der Waals surface area contributed by atoms with Gasteiger partial charge in [-0.1, -0.05) is 54.6 Å². The van der Waals surface area contributed by atoms with Crippen LogP contribution in [0.3, 0.4) is 0 Å². The van der Waals surface area contributed by atoms with E-state index in [9.17, 15) is 0 Å². The van der Waals surface area contributed by atoms with Gasteiger partial charge in [-0.05, 0) is 54.1 Å². The van der Waals surface area contributed by atoms with Crippen LogP contribution in [0.4, 0.5) is 0 Å². The number of H-pyrrole nitrogens is 1. The van der Waals surface area contributed by atoms with Gasteiger partial charge in [0.2, 0.25) is 0 Å². The molecule has 0 aliphatic rings. The molecule has 0 aliphatic heterocycles. The van der Waals surface area contributed by atoms with Gasteiger partial charge in [0, 0.05) is 5.56 Å². The van der Waals surface area contributed by atoms with E-state index in [2.05, 4.69) is 9.97 Å². The summed E-state index contributed by atoms with van der Waals surface area (Å²) in [5.41, 5.74) is 4.09. The molecule has 0 fully saturated rings. The highest BCUT2D eigenvalue weighted by atomic mass is 16.5. The molecule has 5 aromatic rings. The van der Waals surface area contributed by atoms with E-state index in [0.29, 0.717) is 19.8 Å². The monoisotopic (exact) mass is 436 g/mol. The fraction of sp³-hybridized carbons (Fsp3) is 0.107. The van der Waals surface area contributed by atoms with Crippen molar-refractivity contribution in [2.24, 2.45) is 0 Å². The van der Waals surface area contributed by atoms with Crippen LogP contribution in [0.5, 0.6) is 17.2 Å². The average Bonchev–Trinajstić information content (AvgIpc) is 3.31. The van der Waals surface area contributed by atoms with E-state index in [4.69, 9.17) is 14.2 Å². The molecule has 0 atom stereocenters. The summed E-state index contributed by atoms with van der Waals surface area (Å²) >= 11 is 0. The highest BCUT2D eigenvalue weighted by Gasteiger charge is 2.06. The highest BCUT2D eigenvalue weighted by molar-refractivity contribution is 5.79. The summed E-state index contributed by atoms with van der Waals surface area (Å²) in [6.45, 7) is 1.43. The number of benzene rings is 4. The van der Waals surface area contributed by atoms with Gasteiger partial charge in [0.1, 0.15) is 42.9 Å². The fourth-order valence-electron chi connectivity index (χ4n) is 3.51. The molecule has 0 spiro atoms. The van der Waals surface area contributed by atoms with Gasteiger partial charge in [-0.2, -0.15) is 0 Å². The Morgan fingerprint density at radius 2 is 1.30 bits per heavy atom. The Kier molecular flexibility index (Phi) is 6.20. The first kappa shape index (κ1) is 20.6. The van der Waals surface area contributed by atoms with Crippen LogP contribution < -0.4 is 14.2 Å². The normalized spacial score (nSPS) is 10.8. The van der Waals surface area contributed by atoms with Crippen LogP contribution in [0.25, 0.3) is 22.4 Å². The second-order valence-corrected chi connectivity index (χ2v) is 7.57. The lowest BCUT2D eigenvalue weighted by molar-refractivity contribution is 0.217. The minimum absolute atomic E-state index is 0.440. The van der Waals surface area contributed by atoms with Crippen molar-refractivity contribution in [3.8, 4) is 28.6 Å². The highest BCUT2D eigenvalue weighted by Crippen LogP contribution is 2.24. The Balaban J connectivity index is 1.10. The van der Waals surface area contributed by atoms with Crippen LogP contribution in [0.15, 0.2) is 103 Å². The summed E-state index contributed by atoms with van der Waals surface area (Å²) in [6, 6.07) is 33.6. The number of rotatable bonds is 9. The summed E-state index contributed by atoms with van der Waals surface area (Å²) in [4.78, 5) is 8.00. The summed E-state index contributed by atoms with van der Waals surface area (Å²) in [7, 11) is 0. The number of nitrogens with one attached hydrogen (secondary N) is 1. The molecule has 0 unspecified atom stereocenters. The zero-order valence-electron chi connectivity index (χ0n) is 18.1. The SMILES string of the molecule is c1ccc(COc2ccc(OCCOc3cccc(-c4nc5ccccc5[nH]4)c3)cc2)cc1. The first-order valence-corrected chi connectivity index (χ1v) is 10.9. The topological polar surface area (TPSA) is 56.4 Å². The molecule has 33 heavy (non-hydrogen) atoms. The number of hydrogen-bond acceptors (Lipinski definition) is 4. The molecule has 0 bridgehead atoms. The van der Waals surface area contributed by atoms with E-state index in [1.165, 1.54) is 0 Å². The van der Waals surface area contributed by atoms with Gasteiger partial charge in [0.05, 0.1) is 11.0 Å². The Morgan fingerprint density at radius 1 is 0.606 bits per heavy atom. The molecule has 5 rings (SSSR count). The van der Waals surface area contributed by atoms with Crippen LogP contribution in [0, 0.1) is 0 Å². The van der Waals surface area contributed by atoms with Gasteiger partial charge in [-0.15, -0.1) is 0 Å². The van der Waals surface area contributed by atoms with Crippen LogP contribution >= 0.6 is 0 Å². The van der Waals surface area contributed by atoms with Crippen molar-refractivity contribution in [1.82, 2.24) is 9.97 Å². The maximum atomic E-state index is 5.88. The third-order valence-corrected chi connectivity index (χ3v) is 5.19. The Labute approximate surface area is 192 Å². The first-order chi connectivity index (χ1) is 16.3. The molecule has 0 radical (unpaired) electrons.